The summed E-state index contributed by atoms with van der Waals surface area (Å²) >= 11 is 12.0. The number of para-hydroxylation sites is 1. The van der Waals surface area contributed by atoms with Gasteiger partial charge in [0.25, 0.3) is 0 Å². The number of hydrogen-bond donors (Lipinski definition) is 1. The molecule has 0 heterocycles. The van der Waals surface area contributed by atoms with Crippen molar-refractivity contribution in [3.63, 3.8) is 0 Å². The number of carbonyl (C=O) groups excluding carboxylic acids is 1. The minimum Gasteiger partial charge on any atom is -0.494 e. The van der Waals surface area contributed by atoms with Gasteiger partial charge in [0.1, 0.15) is 11.8 Å². The highest BCUT2D eigenvalue weighted by atomic mass is 35.5. The van der Waals surface area contributed by atoms with Gasteiger partial charge in [-0.05, 0) is 38.1 Å². The fraction of sp³-hybridized carbons (Fsp3) is 0.316. The van der Waals surface area contributed by atoms with Gasteiger partial charge >= 0.3 is 0 Å². The molecule has 1 amide bonds. The molecule has 0 spiro atoms. The fourth-order valence-corrected chi connectivity index (χ4v) is 4.42. The van der Waals surface area contributed by atoms with E-state index in [4.69, 9.17) is 27.9 Å². The minimum atomic E-state index is -3.76. The fourth-order valence-electron chi connectivity index (χ4n) is 2.75. The number of nitrogens with one attached hydrogen (secondary N) is 1. The van der Waals surface area contributed by atoms with Crippen molar-refractivity contribution in [3.05, 3.63) is 58.1 Å². The normalized spacial score (nSPS) is 12.3. The summed E-state index contributed by atoms with van der Waals surface area (Å²) in [5.74, 6) is 0.201. The van der Waals surface area contributed by atoms with Gasteiger partial charge in [0, 0.05) is 22.2 Å². The van der Waals surface area contributed by atoms with Crippen molar-refractivity contribution >= 4 is 44.8 Å². The van der Waals surface area contributed by atoms with Gasteiger partial charge in [-0.3, -0.25) is 9.10 Å². The lowest BCUT2D eigenvalue weighted by Gasteiger charge is -2.28. The average Bonchev–Trinajstić information content (AvgIpc) is 2.59. The molecule has 152 valence electrons. The van der Waals surface area contributed by atoms with Crippen molar-refractivity contribution in [2.75, 3.05) is 17.2 Å². The number of nitrogens with zero attached hydrogens (tertiary/aromatic N) is 1. The summed E-state index contributed by atoms with van der Waals surface area (Å²) in [6.45, 7) is 4.07. The maximum absolute atomic E-state index is 12.7. The van der Waals surface area contributed by atoms with Crippen LogP contribution in [0.4, 0.5) is 5.69 Å². The third-order valence-corrected chi connectivity index (χ3v) is 5.59. The lowest BCUT2D eigenvalue weighted by Crippen LogP contribution is -2.47. The van der Waals surface area contributed by atoms with Crippen molar-refractivity contribution in [3.8, 4) is 5.75 Å². The monoisotopic (exact) mass is 444 g/mol. The minimum absolute atomic E-state index is 0.202. The van der Waals surface area contributed by atoms with E-state index >= 15 is 0 Å². The molecule has 0 saturated heterocycles. The van der Waals surface area contributed by atoms with E-state index in [9.17, 15) is 13.2 Å². The Labute approximate surface area is 175 Å². The van der Waals surface area contributed by atoms with Crippen LogP contribution >= 0.6 is 23.2 Å². The zero-order valence-corrected chi connectivity index (χ0v) is 18.1. The van der Waals surface area contributed by atoms with Gasteiger partial charge in [-0.2, -0.15) is 0 Å². The Morgan fingerprint density at radius 2 is 1.79 bits per heavy atom. The molecular weight excluding hydrogens is 423 g/mol. The lowest BCUT2D eigenvalue weighted by atomic mass is 10.2. The van der Waals surface area contributed by atoms with Crippen molar-refractivity contribution in [2.24, 2.45) is 0 Å². The highest BCUT2D eigenvalue weighted by Gasteiger charge is 2.29. The molecule has 0 aliphatic carbocycles. The number of carbonyl (C=O) groups is 1. The van der Waals surface area contributed by atoms with Crippen LogP contribution in [0.3, 0.4) is 0 Å². The zero-order valence-electron chi connectivity index (χ0n) is 15.8. The van der Waals surface area contributed by atoms with E-state index in [2.05, 4.69) is 5.32 Å². The maximum Gasteiger partial charge on any atom is 0.243 e. The van der Waals surface area contributed by atoms with Crippen molar-refractivity contribution in [1.82, 2.24) is 5.32 Å². The molecule has 0 saturated carbocycles. The van der Waals surface area contributed by atoms with Gasteiger partial charge in [-0.1, -0.05) is 41.4 Å². The zero-order chi connectivity index (χ0) is 20.9. The molecule has 28 heavy (non-hydrogen) atoms. The Bertz CT molecular complexity index is 930. The highest BCUT2D eigenvalue weighted by Crippen LogP contribution is 2.28. The summed E-state index contributed by atoms with van der Waals surface area (Å²) in [7, 11) is -3.76. The second-order valence-corrected chi connectivity index (χ2v) is 8.85. The van der Waals surface area contributed by atoms with E-state index in [0.717, 1.165) is 16.1 Å². The van der Waals surface area contributed by atoms with Crippen LogP contribution in [0.1, 0.15) is 19.4 Å². The number of amides is 1. The smallest absolute Gasteiger partial charge is 0.243 e. The lowest BCUT2D eigenvalue weighted by molar-refractivity contribution is -0.122. The molecule has 2 aromatic carbocycles. The van der Waals surface area contributed by atoms with E-state index in [1.807, 2.05) is 31.2 Å². The second kappa shape index (κ2) is 9.49. The second-order valence-electron chi connectivity index (χ2n) is 6.12. The molecule has 9 heteroatoms. The number of rotatable bonds is 8. The maximum atomic E-state index is 12.7. The molecule has 0 aromatic heterocycles. The third-order valence-electron chi connectivity index (χ3n) is 3.92. The van der Waals surface area contributed by atoms with Crippen LogP contribution in [-0.4, -0.2) is 33.2 Å². The Morgan fingerprint density at radius 1 is 1.18 bits per heavy atom. The predicted molar refractivity (Wildman–Crippen MR) is 113 cm³/mol. The first-order valence-electron chi connectivity index (χ1n) is 8.57. The summed E-state index contributed by atoms with van der Waals surface area (Å²) in [6, 6.07) is 10.7. The molecule has 0 fully saturated rings. The summed E-state index contributed by atoms with van der Waals surface area (Å²) in [5.41, 5.74) is 1.01. The standard InChI is InChI=1S/C19H22Cl2N2O4S/c1-4-27-18-8-6-5-7-14(18)12-22-19(24)13(2)23(28(3,25)26)17-10-15(20)9-16(21)11-17/h5-11,13H,4,12H2,1-3H3,(H,22,24)/t13-/m1/s1. The Kier molecular flexibility index (Phi) is 7.57. The molecular formula is C19H22Cl2N2O4S. The Hall–Kier alpha value is -1.96. The van der Waals surface area contributed by atoms with Crippen LogP contribution in [0.5, 0.6) is 5.75 Å². The molecule has 0 aliphatic rings. The molecule has 1 atom stereocenters. The van der Waals surface area contributed by atoms with Gasteiger partial charge in [0.15, 0.2) is 0 Å². The van der Waals surface area contributed by atoms with Crippen LogP contribution in [0, 0.1) is 0 Å². The first kappa shape index (κ1) is 22.3. The molecule has 2 rings (SSSR count). The van der Waals surface area contributed by atoms with Gasteiger partial charge in [0.2, 0.25) is 15.9 Å². The average molecular weight is 445 g/mol. The first-order chi connectivity index (χ1) is 13.1. The van der Waals surface area contributed by atoms with Gasteiger partial charge in [-0.15, -0.1) is 0 Å². The Morgan fingerprint density at radius 3 is 2.36 bits per heavy atom. The molecule has 1 N–H and O–H groups in total. The number of ether oxygens (including phenoxy) is 1. The SMILES string of the molecule is CCOc1ccccc1CNC(=O)[C@@H](C)N(c1cc(Cl)cc(Cl)c1)S(C)(=O)=O. The van der Waals surface area contributed by atoms with Crippen LogP contribution < -0.4 is 14.4 Å². The Balaban J connectivity index is 2.23. The van der Waals surface area contributed by atoms with Crippen molar-refractivity contribution < 1.29 is 17.9 Å². The molecule has 6 nitrogen and oxygen atoms in total. The van der Waals surface area contributed by atoms with Gasteiger partial charge in [-0.25, -0.2) is 8.42 Å². The highest BCUT2D eigenvalue weighted by molar-refractivity contribution is 7.92. The summed E-state index contributed by atoms with van der Waals surface area (Å²) < 4.78 is 31.2. The van der Waals surface area contributed by atoms with Crippen LogP contribution in [0.2, 0.25) is 10.0 Å². The first-order valence-corrected chi connectivity index (χ1v) is 11.2. The third kappa shape index (κ3) is 5.77. The number of halogens is 2. The van der Waals surface area contributed by atoms with Gasteiger partial charge < -0.3 is 10.1 Å². The number of benzene rings is 2. The van der Waals surface area contributed by atoms with E-state index < -0.39 is 22.0 Å². The van der Waals surface area contributed by atoms with Gasteiger partial charge in [0.05, 0.1) is 18.6 Å². The summed E-state index contributed by atoms with van der Waals surface area (Å²) in [5, 5.41) is 3.30. The molecule has 0 unspecified atom stereocenters. The molecule has 0 aliphatic heterocycles. The predicted octanol–water partition coefficient (Wildman–Crippen LogP) is 3.86. The van der Waals surface area contributed by atoms with E-state index in [1.165, 1.54) is 25.1 Å². The number of hydrogen-bond acceptors (Lipinski definition) is 4. The van der Waals surface area contributed by atoms with Crippen molar-refractivity contribution in [1.29, 1.82) is 0 Å². The van der Waals surface area contributed by atoms with Crippen LogP contribution in [-0.2, 0) is 21.4 Å². The van der Waals surface area contributed by atoms with Crippen LogP contribution in [0.15, 0.2) is 42.5 Å². The van der Waals surface area contributed by atoms with Crippen LogP contribution in [0.25, 0.3) is 0 Å². The summed E-state index contributed by atoms with van der Waals surface area (Å²) in [6.07, 6.45) is 1.02. The topological polar surface area (TPSA) is 75.7 Å². The largest absolute Gasteiger partial charge is 0.494 e. The van der Waals surface area contributed by atoms with Crippen molar-refractivity contribution in [2.45, 2.75) is 26.4 Å². The number of sulfonamides is 1. The molecule has 2 aromatic rings. The molecule has 0 radical (unpaired) electrons. The van der Waals surface area contributed by atoms with E-state index in [0.29, 0.717) is 12.4 Å². The summed E-state index contributed by atoms with van der Waals surface area (Å²) in [4.78, 5) is 12.7. The van der Waals surface area contributed by atoms with E-state index in [-0.39, 0.29) is 22.3 Å². The van der Waals surface area contributed by atoms with E-state index in [1.54, 1.807) is 0 Å². The quantitative estimate of drug-likeness (QED) is 0.670. The number of anilines is 1. The molecule has 0 bridgehead atoms.